The van der Waals surface area contributed by atoms with Gasteiger partial charge >= 0.3 is 0 Å². The monoisotopic (exact) mass is 486 g/mol. The third-order valence-electron chi connectivity index (χ3n) is 4.66. The molecule has 0 unspecified atom stereocenters. The molecule has 156 valence electrons. The molecule has 0 bridgehead atoms. The van der Waals surface area contributed by atoms with E-state index in [1.807, 2.05) is 56.3 Å². The fourth-order valence-corrected chi connectivity index (χ4v) is 4.40. The van der Waals surface area contributed by atoms with Gasteiger partial charge in [-0.05, 0) is 66.9 Å². The third-order valence-corrected chi connectivity index (χ3v) is 6.28. The zero-order chi connectivity index (χ0) is 21.9. The molecule has 1 N–H and O–H groups in total. The Bertz CT molecular complexity index is 1180. The lowest BCUT2D eigenvalue weighted by Gasteiger charge is -2.25. The van der Waals surface area contributed by atoms with Crippen molar-refractivity contribution in [1.82, 2.24) is 0 Å². The van der Waals surface area contributed by atoms with E-state index in [0.29, 0.717) is 16.9 Å². The Labute approximate surface area is 185 Å². The molecule has 3 rings (SSSR count). The highest BCUT2D eigenvalue weighted by Gasteiger charge is 2.20. The summed E-state index contributed by atoms with van der Waals surface area (Å²) in [4.78, 5) is 12.5. The number of amides is 1. The lowest BCUT2D eigenvalue weighted by Crippen LogP contribution is -2.30. The van der Waals surface area contributed by atoms with Gasteiger partial charge < -0.3 is 5.32 Å². The van der Waals surface area contributed by atoms with E-state index >= 15 is 0 Å². The zero-order valence-electron chi connectivity index (χ0n) is 17.0. The molecule has 0 aliphatic rings. The SMILES string of the molecule is Cc1ccc(C)c(N(Cc2ccc(C(=O)Nc3cccc(Br)c3)cc2)S(C)(=O)=O)c1. The number of carbonyl (C=O) groups excluding carboxylic acids is 1. The van der Waals surface area contributed by atoms with Gasteiger partial charge in [0.05, 0.1) is 18.5 Å². The van der Waals surface area contributed by atoms with Crippen LogP contribution in [0.4, 0.5) is 11.4 Å². The van der Waals surface area contributed by atoms with Crippen molar-refractivity contribution in [2.24, 2.45) is 0 Å². The van der Waals surface area contributed by atoms with Gasteiger partial charge in [-0.3, -0.25) is 9.10 Å². The van der Waals surface area contributed by atoms with E-state index in [0.717, 1.165) is 21.2 Å². The second kappa shape index (κ2) is 9.02. The molecule has 0 aliphatic carbocycles. The molecule has 0 radical (unpaired) electrons. The molecular formula is C23H23BrN2O3S. The number of rotatable bonds is 6. The van der Waals surface area contributed by atoms with Gasteiger partial charge in [0.15, 0.2) is 0 Å². The second-order valence-corrected chi connectivity index (χ2v) is 10.0. The largest absolute Gasteiger partial charge is 0.322 e. The molecule has 7 heteroatoms. The number of carbonyl (C=O) groups is 1. The van der Waals surface area contributed by atoms with Crippen molar-refractivity contribution in [3.05, 3.63) is 93.5 Å². The molecule has 0 spiro atoms. The summed E-state index contributed by atoms with van der Waals surface area (Å²) >= 11 is 3.38. The number of hydrogen-bond donors (Lipinski definition) is 1. The topological polar surface area (TPSA) is 66.5 Å². The fraction of sp³-hybridized carbons (Fsp3) is 0.174. The first kappa shape index (κ1) is 22.1. The average molecular weight is 487 g/mol. The van der Waals surface area contributed by atoms with Gasteiger partial charge in [0.1, 0.15) is 0 Å². The van der Waals surface area contributed by atoms with Gasteiger partial charge in [0, 0.05) is 15.7 Å². The number of nitrogens with zero attached hydrogens (tertiary/aromatic N) is 1. The summed E-state index contributed by atoms with van der Waals surface area (Å²) in [7, 11) is -3.48. The molecule has 30 heavy (non-hydrogen) atoms. The minimum absolute atomic E-state index is 0.191. The van der Waals surface area contributed by atoms with Gasteiger partial charge in [-0.15, -0.1) is 0 Å². The summed E-state index contributed by atoms with van der Waals surface area (Å²) in [5, 5.41) is 2.85. The Morgan fingerprint density at radius 3 is 2.33 bits per heavy atom. The van der Waals surface area contributed by atoms with Gasteiger partial charge in [-0.2, -0.15) is 0 Å². The van der Waals surface area contributed by atoms with Crippen molar-refractivity contribution in [2.45, 2.75) is 20.4 Å². The minimum Gasteiger partial charge on any atom is -0.322 e. The molecule has 3 aromatic rings. The molecule has 1 amide bonds. The zero-order valence-corrected chi connectivity index (χ0v) is 19.4. The highest BCUT2D eigenvalue weighted by atomic mass is 79.9. The summed E-state index contributed by atoms with van der Waals surface area (Å²) in [6.45, 7) is 4.01. The van der Waals surface area contributed by atoms with Crippen molar-refractivity contribution in [3.63, 3.8) is 0 Å². The van der Waals surface area contributed by atoms with Crippen LogP contribution in [0.5, 0.6) is 0 Å². The predicted octanol–water partition coefficient (Wildman–Crippen LogP) is 5.28. The van der Waals surface area contributed by atoms with Crippen LogP contribution < -0.4 is 9.62 Å². The minimum atomic E-state index is -3.48. The van der Waals surface area contributed by atoms with Crippen molar-refractivity contribution in [2.75, 3.05) is 15.9 Å². The Kier molecular flexibility index (Phi) is 6.63. The molecule has 0 saturated carbocycles. The van der Waals surface area contributed by atoms with Crippen LogP contribution in [0, 0.1) is 13.8 Å². The summed E-state index contributed by atoms with van der Waals surface area (Å²) in [5.41, 5.74) is 4.52. The van der Waals surface area contributed by atoms with Gasteiger partial charge in [-0.1, -0.05) is 46.3 Å². The first-order valence-electron chi connectivity index (χ1n) is 9.34. The fourth-order valence-electron chi connectivity index (χ4n) is 3.07. The molecule has 0 aliphatic heterocycles. The molecule has 0 fully saturated rings. The van der Waals surface area contributed by atoms with Crippen LogP contribution in [0.1, 0.15) is 27.0 Å². The summed E-state index contributed by atoms with van der Waals surface area (Å²) in [6, 6.07) is 20.1. The van der Waals surface area contributed by atoms with Crippen LogP contribution in [0.25, 0.3) is 0 Å². The molecule has 3 aromatic carbocycles. The Balaban J connectivity index is 1.80. The molecule has 0 saturated heterocycles. The number of anilines is 2. The molecular weight excluding hydrogens is 464 g/mol. The van der Waals surface area contributed by atoms with Crippen LogP contribution in [-0.4, -0.2) is 20.6 Å². The number of sulfonamides is 1. The highest BCUT2D eigenvalue weighted by molar-refractivity contribution is 9.10. The maximum absolute atomic E-state index is 12.5. The highest BCUT2D eigenvalue weighted by Crippen LogP contribution is 2.26. The lowest BCUT2D eigenvalue weighted by atomic mass is 10.1. The van der Waals surface area contributed by atoms with E-state index in [9.17, 15) is 13.2 Å². The average Bonchev–Trinajstić information content (AvgIpc) is 2.68. The van der Waals surface area contributed by atoms with Gasteiger partial charge in [0.25, 0.3) is 5.91 Å². The number of halogens is 1. The Morgan fingerprint density at radius 2 is 1.70 bits per heavy atom. The maximum Gasteiger partial charge on any atom is 0.255 e. The normalized spacial score (nSPS) is 11.2. The van der Waals surface area contributed by atoms with E-state index in [1.54, 1.807) is 24.3 Å². The van der Waals surface area contributed by atoms with Crippen LogP contribution in [0.15, 0.2) is 71.2 Å². The number of hydrogen-bond acceptors (Lipinski definition) is 3. The van der Waals surface area contributed by atoms with E-state index < -0.39 is 10.0 Å². The van der Waals surface area contributed by atoms with E-state index in [2.05, 4.69) is 21.2 Å². The first-order valence-corrected chi connectivity index (χ1v) is 12.0. The van der Waals surface area contributed by atoms with Crippen LogP contribution in [0.2, 0.25) is 0 Å². The van der Waals surface area contributed by atoms with Crippen molar-refractivity contribution in [3.8, 4) is 0 Å². The van der Waals surface area contributed by atoms with E-state index in [-0.39, 0.29) is 12.5 Å². The molecule has 0 atom stereocenters. The maximum atomic E-state index is 12.5. The summed E-state index contributed by atoms with van der Waals surface area (Å²) < 4.78 is 27.2. The van der Waals surface area contributed by atoms with Crippen molar-refractivity contribution >= 4 is 43.2 Å². The van der Waals surface area contributed by atoms with Crippen molar-refractivity contribution in [1.29, 1.82) is 0 Å². The molecule has 0 aromatic heterocycles. The lowest BCUT2D eigenvalue weighted by molar-refractivity contribution is 0.102. The second-order valence-electron chi connectivity index (χ2n) is 7.22. The van der Waals surface area contributed by atoms with E-state index in [1.165, 1.54) is 10.6 Å². The van der Waals surface area contributed by atoms with Crippen LogP contribution in [0.3, 0.4) is 0 Å². The molecule has 0 heterocycles. The summed E-state index contributed by atoms with van der Waals surface area (Å²) in [6.07, 6.45) is 1.20. The van der Waals surface area contributed by atoms with Crippen LogP contribution in [-0.2, 0) is 16.6 Å². The number of benzene rings is 3. The molecule has 5 nitrogen and oxygen atoms in total. The van der Waals surface area contributed by atoms with Crippen molar-refractivity contribution < 1.29 is 13.2 Å². The number of nitrogens with one attached hydrogen (secondary N) is 1. The van der Waals surface area contributed by atoms with Gasteiger partial charge in [-0.25, -0.2) is 8.42 Å². The van der Waals surface area contributed by atoms with Crippen LogP contribution >= 0.6 is 15.9 Å². The van der Waals surface area contributed by atoms with Gasteiger partial charge in [0.2, 0.25) is 10.0 Å². The standard InChI is InChI=1S/C23H23BrN2O3S/c1-16-7-8-17(2)22(13-16)26(30(3,28)29)15-18-9-11-19(12-10-18)23(27)25-21-6-4-5-20(24)14-21/h4-14H,15H2,1-3H3,(H,25,27). The Morgan fingerprint density at radius 1 is 1.00 bits per heavy atom. The summed E-state index contributed by atoms with van der Waals surface area (Å²) in [5.74, 6) is -0.228. The first-order chi connectivity index (χ1) is 14.1. The predicted molar refractivity (Wildman–Crippen MR) is 125 cm³/mol. The third kappa shape index (κ3) is 5.49. The van der Waals surface area contributed by atoms with E-state index in [4.69, 9.17) is 0 Å². The quantitative estimate of drug-likeness (QED) is 0.514. The Hall–Kier alpha value is -2.64. The smallest absolute Gasteiger partial charge is 0.255 e. The number of aryl methyl sites for hydroxylation is 2.